The Balaban J connectivity index is 1.47. The number of carbonyl (C=O) groups is 2. The van der Waals surface area contributed by atoms with Gasteiger partial charge in [-0.05, 0) is 23.3 Å². The Morgan fingerprint density at radius 3 is 1.97 bits per heavy atom. The van der Waals surface area contributed by atoms with E-state index in [-0.39, 0.29) is 18.5 Å². The maximum atomic E-state index is 13.4. The van der Waals surface area contributed by atoms with Gasteiger partial charge in [0.15, 0.2) is 11.5 Å². The normalized spacial score (nSPS) is 13.2. The first-order valence-corrected chi connectivity index (χ1v) is 11.2. The van der Waals surface area contributed by atoms with E-state index in [0.717, 1.165) is 11.1 Å². The van der Waals surface area contributed by atoms with Gasteiger partial charge in [0.05, 0.1) is 14.2 Å². The number of benzene rings is 3. The molecule has 1 aliphatic rings. The van der Waals surface area contributed by atoms with Crippen molar-refractivity contribution >= 4 is 17.6 Å². The molecule has 7 heteroatoms. The average Bonchev–Trinajstić information content (AvgIpc) is 3.24. The highest BCUT2D eigenvalue weighted by Crippen LogP contribution is 2.32. The summed E-state index contributed by atoms with van der Waals surface area (Å²) >= 11 is 0. The van der Waals surface area contributed by atoms with Gasteiger partial charge >= 0.3 is 6.03 Å². The largest absolute Gasteiger partial charge is 0.493 e. The van der Waals surface area contributed by atoms with Crippen LogP contribution in [-0.4, -0.2) is 55.6 Å². The zero-order valence-corrected chi connectivity index (χ0v) is 19.5. The third kappa shape index (κ3) is 5.31. The summed E-state index contributed by atoms with van der Waals surface area (Å²) < 4.78 is 10.7. The molecule has 3 amide bonds. The Kier molecular flexibility index (Phi) is 7.32. The molecule has 1 aliphatic heterocycles. The summed E-state index contributed by atoms with van der Waals surface area (Å²) in [5.41, 5.74) is 2.81. The number of urea groups is 1. The first-order valence-electron chi connectivity index (χ1n) is 11.2. The molecule has 0 saturated carbocycles. The molecular formula is C27H29N3O4. The van der Waals surface area contributed by atoms with E-state index in [4.69, 9.17) is 9.47 Å². The molecule has 1 fully saturated rings. The number of hydrogen-bond donors (Lipinski definition) is 0. The van der Waals surface area contributed by atoms with E-state index in [0.29, 0.717) is 43.4 Å². The fourth-order valence-electron chi connectivity index (χ4n) is 4.06. The number of methoxy groups -OCH3 is 2. The number of anilines is 1. The van der Waals surface area contributed by atoms with E-state index >= 15 is 0 Å². The smallest absolute Gasteiger partial charge is 0.325 e. The van der Waals surface area contributed by atoms with Gasteiger partial charge in [-0.25, -0.2) is 4.79 Å². The van der Waals surface area contributed by atoms with E-state index < -0.39 is 0 Å². The van der Waals surface area contributed by atoms with Gasteiger partial charge in [-0.3, -0.25) is 9.69 Å². The number of ether oxygens (including phenoxy) is 2. The van der Waals surface area contributed by atoms with E-state index in [1.165, 1.54) is 0 Å². The van der Waals surface area contributed by atoms with Crippen molar-refractivity contribution in [3.8, 4) is 11.5 Å². The van der Waals surface area contributed by atoms with Crippen LogP contribution in [0.4, 0.5) is 10.5 Å². The van der Waals surface area contributed by atoms with Gasteiger partial charge in [0, 0.05) is 37.9 Å². The lowest BCUT2D eigenvalue weighted by Crippen LogP contribution is -2.41. The maximum absolute atomic E-state index is 13.4. The molecule has 0 N–H and O–H groups in total. The van der Waals surface area contributed by atoms with Crippen molar-refractivity contribution < 1.29 is 19.1 Å². The van der Waals surface area contributed by atoms with Crippen molar-refractivity contribution in [3.63, 3.8) is 0 Å². The van der Waals surface area contributed by atoms with Crippen LogP contribution in [0, 0.1) is 0 Å². The molecule has 0 bridgehead atoms. The second-order valence-corrected chi connectivity index (χ2v) is 8.12. The first kappa shape index (κ1) is 23.2. The number of carbonyl (C=O) groups excluding carboxylic acids is 2. The van der Waals surface area contributed by atoms with Gasteiger partial charge in [0.1, 0.15) is 6.54 Å². The third-order valence-corrected chi connectivity index (χ3v) is 5.89. The Bertz CT molecular complexity index is 1080. The molecule has 0 spiro atoms. The quantitative estimate of drug-likeness (QED) is 0.482. The minimum absolute atomic E-state index is 0.0300. The monoisotopic (exact) mass is 459 g/mol. The molecule has 0 aliphatic carbocycles. The number of nitrogens with zero attached hydrogens (tertiary/aromatic N) is 3. The van der Waals surface area contributed by atoms with E-state index in [1.54, 1.807) is 41.1 Å². The standard InChI is InChI=1S/C27H29N3O4/c1-33-24-14-13-23(17-25(24)34-2)30-16-15-28(27(30)32)20-26(31)29(18-21-9-5-3-6-10-21)19-22-11-7-4-8-12-22/h3-14,17H,15-16,18-20H2,1-2H3. The van der Waals surface area contributed by atoms with Crippen molar-refractivity contribution in [3.05, 3.63) is 90.0 Å². The van der Waals surface area contributed by atoms with Crippen molar-refractivity contribution in [1.29, 1.82) is 0 Å². The average molecular weight is 460 g/mol. The molecule has 1 saturated heterocycles. The summed E-state index contributed by atoms with van der Waals surface area (Å²) in [5, 5.41) is 0. The van der Waals surface area contributed by atoms with Gasteiger partial charge in [0.25, 0.3) is 0 Å². The van der Waals surface area contributed by atoms with Crippen LogP contribution in [0.5, 0.6) is 11.5 Å². The molecule has 0 unspecified atom stereocenters. The predicted molar refractivity (Wildman–Crippen MR) is 131 cm³/mol. The molecule has 176 valence electrons. The fourth-order valence-corrected chi connectivity index (χ4v) is 4.06. The van der Waals surface area contributed by atoms with Gasteiger partial charge < -0.3 is 19.3 Å². The summed E-state index contributed by atoms with van der Waals surface area (Å²) in [4.78, 5) is 31.6. The van der Waals surface area contributed by atoms with Crippen LogP contribution < -0.4 is 14.4 Å². The van der Waals surface area contributed by atoms with Gasteiger partial charge in [-0.15, -0.1) is 0 Å². The summed E-state index contributed by atoms with van der Waals surface area (Å²) in [5.74, 6) is 1.07. The Labute approximate surface area is 200 Å². The Morgan fingerprint density at radius 1 is 0.824 bits per heavy atom. The first-order chi connectivity index (χ1) is 16.6. The summed E-state index contributed by atoms with van der Waals surface area (Å²) in [6.45, 7) is 1.97. The van der Waals surface area contributed by atoms with Gasteiger partial charge in [0.2, 0.25) is 5.91 Å². The topological polar surface area (TPSA) is 62.3 Å². The lowest BCUT2D eigenvalue weighted by molar-refractivity contribution is -0.132. The van der Waals surface area contributed by atoms with E-state index in [1.807, 2.05) is 66.7 Å². The third-order valence-electron chi connectivity index (χ3n) is 5.89. The van der Waals surface area contributed by atoms with Crippen molar-refractivity contribution in [2.24, 2.45) is 0 Å². The SMILES string of the molecule is COc1ccc(N2CCN(CC(=O)N(Cc3ccccc3)Cc3ccccc3)C2=O)cc1OC. The van der Waals surface area contributed by atoms with Crippen LogP contribution in [0.25, 0.3) is 0 Å². The van der Waals surface area contributed by atoms with E-state index in [2.05, 4.69) is 0 Å². The van der Waals surface area contributed by atoms with E-state index in [9.17, 15) is 9.59 Å². The fraction of sp³-hybridized carbons (Fsp3) is 0.259. The minimum atomic E-state index is -0.194. The number of hydrogen-bond acceptors (Lipinski definition) is 4. The second kappa shape index (κ2) is 10.7. The Hall–Kier alpha value is -4.00. The minimum Gasteiger partial charge on any atom is -0.493 e. The lowest BCUT2D eigenvalue weighted by Gasteiger charge is -2.26. The van der Waals surface area contributed by atoms with Gasteiger partial charge in [-0.2, -0.15) is 0 Å². The van der Waals surface area contributed by atoms with Crippen LogP contribution in [-0.2, 0) is 17.9 Å². The highest BCUT2D eigenvalue weighted by Gasteiger charge is 2.32. The zero-order valence-electron chi connectivity index (χ0n) is 19.5. The molecule has 4 rings (SSSR count). The van der Waals surface area contributed by atoms with Crippen LogP contribution in [0.1, 0.15) is 11.1 Å². The highest BCUT2D eigenvalue weighted by molar-refractivity contribution is 5.96. The molecule has 1 heterocycles. The predicted octanol–water partition coefficient (Wildman–Crippen LogP) is 4.17. The lowest BCUT2D eigenvalue weighted by atomic mass is 10.1. The van der Waals surface area contributed by atoms with Gasteiger partial charge in [-0.1, -0.05) is 60.7 Å². The van der Waals surface area contributed by atoms with Crippen LogP contribution >= 0.6 is 0 Å². The molecule has 34 heavy (non-hydrogen) atoms. The van der Waals surface area contributed by atoms with Crippen molar-refractivity contribution in [1.82, 2.24) is 9.80 Å². The summed E-state index contributed by atoms with van der Waals surface area (Å²) in [7, 11) is 3.13. The van der Waals surface area contributed by atoms with Crippen LogP contribution in [0.3, 0.4) is 0 Å². The molecule has 3 aromatic rings. The molecular weight excluding hydrogens is 430 g/mol. The number of rotatable bonds is 9. The van der Waals surface area contributed by atoms with Crippen molar-refractivity contribution in [2.75, 3.05) is 38.8 Å². The van der Waals surface area contributed by atoms with Crippen molar-refractivity contribution in [2.45, 2.75) is 13.1 Å². The van der Waals surface area contributed by atoms with Crippen LogP contribution in [0.15, 0.2) is 78.9 Å². The Morgan fingerprint density at radius 2 is 1.41 bits per heavy atom. The zero-order chi connectivity index (χ0) is 23.9. The molecule has 0 radical (unpaired) electrons. The molecule has 0 aromatic heterocycles. The number of amides is 3. The molecule has 7 nitrogen and oxygen atoms in total. The maximum Gasteiger partial charge on any atom is 0.325 e. The summed E-state index contributed by atoms with van der Waals surface area (Å²) in [6.07, 6.45) is 0. The highest BCUT2D eigenvalue weighted by atomic mass is 16.5. The van der Waals surface area contributed by atoms with Crippen LogP contribution in [0.2, 0.25) is 0 Å². The second-order valence-electron chi connectivity index (χ2n) is 8.12. The summed E-state index contributed by atoms with van der Waals surface area (Å²) in [6, 6.07) is 25.0. The molecule has 0 atom stereocenters. The molecule has 3 aromatic carbocycles.